The molecule has 0 radical (unpaired) electrons. The van der Waals surface area contributed by atoms with Gasteiger partial charge in [0.05, 0.1) is 13.2 Å². The molecule has 0 unspecified atom stereocenters. The third-order valence-corrected chi connectivity index (χ3v) is 1.09. The van der Waals surface area contributed by atoms with E-state index in [0.29, 0.717) is 13.2 Å². The van der Waals surface area contributed by atoms with Gasteiger partial charge in [-0.2, -0.15) is 0 Å². The molecule has 0 aliphatic carbocycles. The molecule has 0 aromatic carbocycles. The first kappa shape index (κ1) is 6.35. The highest BCUT2D eigenvalue weighted by Crippen LogP contribution is 2.04. The summed E-state index contributed by atoms with van der Waals surface area (Å²) < 4.78 is 9.54. The van der Waals surface area contributed by atoms with Crippen LogP contribution in [0.25, 0.3) is 0 Å². The molecule has 1 heterocycles. The Morgan fingerprint density at radius 2 is 2.44 bits per heavy atom. The number of ether oxygens (including phenoxy) is 2. The molecule has 4 nitrogen and oxygen atoms in total. The molecule has 1 fully saturated rings. The summed E-state index contributed by atoms with van der Waals surface area (Å²) in [5.74, 6) is 0. The van der Waals surface area contributed by atoms with Gasteiger partial charge in [-0.15, -0.1) is 0 Å². The van der Waals surface area contributed by atoms with Gasteiger partial charge in [0.15, 0.2) is 6.10 Å². The van der Waals surface area contributed by atoms with Crippen molar-refractivity contribution in [2.24, 2.45) is 0 Å². The lowest BCUT2D eigenvalue weighted by Gasteiger charge is -2.25. The van der Waals surface area contributed by atoms with Gasteiger partial charge in [-0.1, -0.05) is 0 Å². The van der Waals surface area contributed by atoms with Crippen molar-refractivity contribution in [1.82, 2.24) is 5.32 Å². The van der Waals surface area contributed by atoms with Crippen LogP contribution in [0.1, 0.15) is 0 Å². The monoisotopic (exact) mass is 131 g/mol. The molecule has 0 aromatic rings. The van der Waals surface area contributed by atoms with E-state index in [1.54, 1.807) is 0 Å². The fourth-order valence-electron chi connectivity index (χ4n) is 0.492. The summed E-state index contributed by atoms with van der Waals surface area (Å²) in [4.78, 5) is 10.4. The van der Waals surface area contributed by atoms with E-state index >= 15 is 0 Å². The maximum Gasteiger partial charge on any atom is 0.407 e. The summed E-state index contributed by atoms with van der Waals surface area (Å²) in [5.41, 5.74) is 0. The minimum absolute atomic E-state index is 0.0232. The first-order valence-electron chi connectivity index (χ1n) is 2.79. The van der Waals surface area contributed by atoms with Crippen molar-refractivity contribution in [3.8, 4) is 0 Å². The summed E-state index contributed by atoms with van der Waals surface area (Å²) in [6, 6.07) is 0. The largest absolute Gasteiger partial charge is 0.441 e. The van der Waals surface area contributed by atoms with Crippen LogP contribution in [0.3, 0.4) is 0 Å². The van der Waals surface area contributed by atoms with Crippen LogP contribution in [0.15, 0.2) is 0 Å². The van der Waals surface area contributed by atoms with Gasteiger partial charge >= 0.3 is 6.09 Å². The lowest BCUT2D eigenvalue weighted by Crippen LogP contribution is -2.40. The topological polar surface area (TPSA) is 47.6 Å². The van der Waals surface area contributed by atoms with Crippen LogP contribution in [0.2, 0.25) is 0 Å². The van der Waals surface area contributed by atoms with Crippen LogP contribution in [0.5, 0.6) is 0 Å². The van der Waals surface area contributed by atoms with E-state index in [2.05, 4.69) is 5.32 Å². The molecule has 52 valence electrons. The minimum atomic E-state index is -0.386. The van der Waals surface area contributed by atoms with E-state index in [0.717, 1.165) is 0 Å². The fraction of sp³-hybridized carbons (Fsp3) is 0.800. The molecule has 1 aliphatic rings. The third-order valence-electron chi connectivity index (χ3n) is 1.09. The Balaban J connectivity index is 2.09. The van der Waals surface area contributed by atoms with Crippen molar-refractivity contribution in [1.29, 1.82) is 0 Å². The Morgan fingerprint density at radius 1 is 1.78 bits per heavy atom. The zero-order valence-electron chi connectivity index (χ0n) is 5.22. The van der Waals surface area contributed by atoms with Gasteiger partial charge in [-0.05, 0) is 0 Å². The van der Waals surface area contributed by atoms with Gasteiger partial charge in [0.25, 0.3) is 0 Å². The van der Waals surface area contributed by atoms with Crippen molar-refractivity contribution in [3.63, 3.8) is 0 Å². The van der Waals surface area contributed by atoms with E-state index in [4.69, 9.17) is 9.47 Å². The number of hydrogen-bond donors (Lipinski definition) is 1. The average molecular weight is 131 g/mol. The molecular formula is C5H9NO3. The van der Waals surface area contributed by atoms with Crippen molar-refractivity contribution < 1.29 is 14.3 Å². The number of carbonyl (C=O) groups is 1. The Morgan fingerprint density at radius 3 is 2.78 bits per heavy atom. The number of alkyl carbamates (subject to hydrolysis) is 1. The molecule has 0 saturated carbocycles. The van der Waals surface area contributed by atoms with Gasteiger partial charge in [0.2, 0.25) is 0 Å². The quantitative estimate of drug-likeness (QED) is 0.533. The van der Waals surface area contributed by atoms with Gasteiger partial charge in [0.1, 0.15) is 0 Å². The summed E-state index contributed by atoms with van der Waals surface area (Å²) in [6.07, 6.45) is -0.409. The SMILES string of the molecule is CNC(=O)OC1COC1. The highest BCUT2D eigenvalue weighted by molar-refractivity contribution is 5.66. The predicted molar refractivity (Wildman–Crippen MR) is 30.1 cm³/mol. The van der Waals surface area contributed by atoms with Crippen molar-refractivity contribution in [2.75, 3.05) is 20.3 Å². The van der Waals surface area contributed by atoms with Crippen LogP contribution in [0.4, 0.5) is 4.79 Å². The van der Waals surface area contributed by atoms with E-state index in [9.17, 15) is 4.79 Å². The zero-order chi connectivity index (χ0) is 6.69. The van der Waals surface area contributed by atoms with Crippen LogP contribution in [-0.2, 0) is 9.47 Å². The molecule has 0 spiro atoms. The number of carbonyl (C=O) groups excluding carboxylic acids is 1. The highest BCUT2D eigenvalue weighted by atomic mass is 16.6. The van der Waals surface area contributed by atoms with Crippen LogP contribution in [0, 0.1) is 0 Å². The normalized spacial score (nSPS) is 18.3. The Labute approximate surface area is 53.1 Å². The first-order valence-corrected chi connectivity index (χ1v) is 2.79. The molecule has 0 atom stereocenters. The average Bonchev–Trinajstić information content (AvgIpc) is 1.78. The van der Waals surface area contributed by atoms with E-state index < -0.39 is 0 Å². The Hall–Kier alpha value is -0.770. The molecule has 1 aliphatic heterocycles. The lowest BCUT2D eigenvalue weighted by molar-refractivity contribution is -0.0976. The molecule has 0 aromatic heterocycles. The molecule has 1 amide bonds. The second-order valence-electron chi connectivity index (χ2n) is 1.81. The standard InChI is InChI=1S/C5H9NO3/c1-6-5(7)9-4-2-8-3-4/h4H,2-3H2,1H3,(H,6,7). The van der Waals surface area contributed by atoms with Crippen molar-refractivity contribution in [2.45, 2.75) is 6.10 Å². The van der Waals surface area contributed by atoms with Crippen LogP contribution < -0.4 is 5.32 Å². The van der Waals surface area contributed by atoms with E-state index in [1.807, 2.05) is 0 Å². The number of hydrogen-bond acceptors (Lipinski definition) is 3. The van der Waals surface area contributed by atoms with Crippen LogP contribution in [-0.4, -0.2) is 32.5 Å². The molecule has 0 bridgehead atoms. The predicted octanol–water partition coefficient (Wildman–Crippen LogP) is -0.259. The van der Waals surface area contributed by atoms with Gasteiger partial charge in [-0.3, -0.25) is 0 Å². The summed E-state index contributed by atoms with van der Waals surface area (Å²) in [7, 11) is 1.53. The summed E-state index contributed by atoms with van der Waals surface area (Å²) in [6.45, 7) is 1.07. The van der Waals surface area contributed by atoms with Gasteiger partial charge in [-0.25, -0.2) is 4.79 Å². The molecule has 1 rings (SSSR count). The zero-order valence-corrected chi connectivity index (χ0v) is 5.22. The lowest BCUT2D eigenvalue weighted by atomic mass is 10.3. The fourth-order valence-corrected chi connectivity index (χ4v) is 0.492. The maximum atomic E-state index is 10.4. The second-order valence-corrected chi connectivity index (χ2v) is 1.81. The van der Waals surface area contributed by atoms with E-state index in [-0.39, 0.29) is 12.2 Å². The number of nitrogens with one attached hydrogen (secondary N) is 1. The number of rotatable bonds is 1. The Bertz CT molecular complexity index is 111. The van der Waals surface area contributed by atoms with Crippen molar-refractivity contribution in [3.05, 3.63) is 0 Å². The molecular weight excluding hydrogens is 122 g/mol. The summed E-state index contributed by atoms with van der Waals surface area (Å²) in [5, 5.41) is 2.35. The molecule has 1 saturated heterocycles. The molecule has 4 heteroatoms. The highest BCUT2D eigenvalue weighted by Gasteiger charge is 2.21. The summed E-state index contributed by atoms with van der Waals surface area (Å²) >= 11 is 0. The molecule has 9 heavy (non-hydrogen) atoms. The van der Waals surface area contributed by atoms with Crippen molar-refractivity contribution >= 4 is 6.09 Å². The minimum Gasteiger partial charge on any atom is -0.441 e. The first-order chi connectivity index (χ1) is 4.33. The smallest absolute Gasteiger partial charge is 0.407 e. The van der Waals surface area contributed by atoms with Gasteiger partial charge in [0, 0.05) is 7.05 Å². The molecule has 1 N–H and O–H groups in total. The Kier molecular flexibility index (Phi) is 1.89. The van der Waals surface area contributed by atoms with E-state index in [1.165, 1.54) is 7.05 Å². The second kappa shape index (κ2) is 2.68. The van der Waals surface area contributed by atoms with Crippen LogP contribution >= 0.6 is 0 Å². The van der Waals surface area contributed by atoms with Gasteiger partial charge < -0.3 is 14.8 Å². The number of amides is 1. The third kappa shape index (κ3) is 1.57. The maximum absolute atomic E-state index is 10.4.